The van der Waals surface area contributed by atoms with Crippen LogP contribution in [-0.2, 0) is 17.9 Å². The Bertz CT molecular complexity index is 1280. The minimum absolute atomic E-state index is 0.160. The van der Waals surface area contributed by atoms with Gasteiger partial charge < -0.3 is 9.47 Å². The molecule has 0 N–H and O–H groups in total. The van der Waals surface area contributed by atoms with Crippen molar-refractivity contribution in [1.82, 2.24) is 4.90 Å². The quantitative estimate of drug-likeness (QED) is 0.270. The molecule has 0 unspecified atom stereocenters. The van der Waals surface area contributed by atoms with Gasteiger partial charge in [0.15, 0.2) is 11.5 Å². The Labute approximate surface area is 219 Å². The smallest absolute Gasteiger partial charge is 0.293 e. The van der Waals surface area contributed by atoms with Crippen LogP contribution in [0.5, 0.6) is 11.5 Å². The average molecular weight is 579 g/mol. The summed E-state index contributed by atoms with van der Waals surface area (Å²) in [6.45, 7) is 0.487. The number of benzene rings is 3. The molecular formula is C25H18BrCl2NO4S. The largest absolute Gasteiger partial charge is 0.493 e. The highest BCUT2D eigenvalue weighted by molar-refractivity contribution is 9.10. The Morgan fingerprint density at radius 3 is 2.47 bits per heavy atom. The first-order valence-electron chi connectivity index (χ1n) is 10.1. The normalized spacial score (nSPS) is 14.7. The minimum atomic E-state index is -0.354. The third-order valence-corrected chi connectivity index (χ3v) is 6.93. The zero-order valence-electron chi connectivity index (χ0n) is 17.9. The zero-order valence-corrected chi connectivity index (χ0v) is 21.8. The van der Waals surface area contributed by atoms with Gasteiger partial charge in [-0.25, -0.2) is 0 Å². The molecule has 2 amide bonds. The molecule has 0 radical (unpaired) electrons. The number of ether oxygens (including phenoxy) is 2. The molecule has 174 valence electrons. The summed E-state index contributed by atoms with van der Waals surface area (Å²) in [5.74, 6) is 0.671. The maximum absolute atomic E-state index is 12.9. The Balaban J connectivity index is 1.53. The number of carbonyl (C=O) groups is 2. The van der Waals surface area contributed by atoms with Crippen molar-refractivity contribution >= 4 is 68.1 Å². The fourth-order valence-electron chi connectivity index (χ4n) is 3.30. The first-order chi connectivity index (χ1) is 16.3. The van der Waals surface area contributed by atoms with E-state index in [1.165, 1.54) is 4.90 Å². The highest BCUT2D eigenvalue weighted by atomic mass is 79.9. The molecule has 0 spiro atoms. The highest BCUT2D eigenvalue weighted by Crippen LogP contribution is 2.39. The highest BCUT2D eigenvalue weighted by Gasteiger charge is 2.35. The fourth-order valence-corrected chi connectivity index (χ4v) is 5.06. The van der Waals surface area contributed by atoms with Gasteiger partial charge in [-0.15, -0.1) is 0 Å². The number of carbonyl (C=O) groups excluding carboxylic acids is 2. The number of halogens is 3. The molecule has 0 atom stereocenters. The monoisotopic (exact) mass is 577 g/mol. The Morgan fingerprint density at radius 2 is 1.76 bits per heavy atom. The van der Waals surface area contributed by atoms with Gasteiger partial charge in [-0.3, -0.25) is 14.5 Å². The van der Waals surface area contributed by atoms with Crippen molar-refractivity contribution in [2.45, 2.75) is 13.2 Å². The van der Waals surface area contributed by atoms with Crippen LogP contribution in [0.1, 0.15) is 16.7 Å². The molecular weight excluding hydrogens is 561 g/mol. The van der Waals surface area contributed by atoms with Crippen molar-refractivity contribution in [2.24, 2.45) is 0 Å². The molecule has 34 heavy (non-hydrogen) atoms. The zero-order chi connectivity index (χ0) is 24.2. The van der Waals surface area contributed by atoms with Gasteiger partial charge >= 0.3 is 0 Å². The summed E-state index contributed by atoms with van der Waals surface area (Å²) in [5.41, 5.74) is 2.43. The number of imide groups is 1. The Hall–Kier alpha value is -2.45. The molecule has 1 aliphatic rings. The van der Waals surface area contributed by atoms with Crippen molar-refractivity contribution in [3.05, 3.63) is 96.8 Å². The lowest BCUT2D eigenvalue weighted by Gasteiger charge is -2.14. The first kappa shape index (κ1) is 24.7. The van der Waals surface area contributed by atoms with E-state index in [0.29, 0.717) is 43.1 Å². The van der Waals surface area contributed by atoms with Gasteiger partial charge in [0.25, 0.3) is 11.1 Å². The fraction of sp³-hybridized carbons (Fsp3) is 0.120. The van der Waals surface area contributed by atoms with Crippen LogP contribution in [0.25, 0.3) is 6.08 Å². The molecule has 1 heterocycles. The summed E-state index contributed by atoms with van der Waals surface area (Å²) in [6, 6.07) is 18.0. The van der Waals surface area contributed by atoms with Crippen LogP contribution in [0, 0.1) is 0 Å². The van der Waals surface area contributed by atoms with Crippen LogP contribution < -0.4 is 9.47 Å². The summed E-state index contributed by atoms with van der Waals surface area (Å²) in [4.78, 5) is 26.9. The maximum atomic E-state index is 12.9. The predicted octanol–water partition coefficient (Wildman–Crippen LogP) is 7.58. The average Bonchev–Trinajstić information content (AvgIpc) is 3.06. The van der Waals surface area contributed by atoms with Gasteiger partial charge in [0.1, 0.15) is 6.61 Å². The lowest BCUT2D eigenvalue weighted by Crippen LogP contribution is -2.27. The lowest BCUT2D eigenvalue weighted by molar-refractivity contribution is -0.123. The third-order valence-electron chi connectivity index (χ3n) is 4.95. The second-order valence-corrected chi connectivity index (χ2v) is 10.1. The van der Waals surface area contributed by atoms with Crippen LogP contribution in [0.3, 0.4) is 0 Å². The van der Waals surface area contributed by atoms with E-state index in [9.17, 15) is 9.59 Å². The molecule has 0 saturated carbocycles. The summed E-state index contributed by atoms with van der Waals surface area (Å²) in [7, 11) is 1.54. The number of hydrogen-bond acceptors (Lipinski definition) is 5. The molecule has 1 fully saturated rings. The molecule has 5 nitrogen and oxygen atoms in total. The number of methoxy groups -OCH3 is 1. The van der Waals surface area contributed by atoms with E-state index in [1.807, 2.05) is 24.3 Å². The SMILES string of the molecule is COc1cc(/C=C2\SC(=O)N(Cc3cccc(Cl)c3)C2=O)cc(Br)c1OCc1ccc(Cl)cc1. The first-order valence-corrected chi connectivity index (χ1v) is 12.4. The van der Waals surface area contributed by atoms with Crippen molar-refractivity contribution in [2.75, 3.05) is 7.11 Å². The van der Waals surface area contributed by atoms with Crippen LogP contribution >= 0.6 is 50.9 Å². The summed E-state index contributed by atoms with van der Waals surface area (Å²) >= 11 is 16.4. The van der Waals surface area contributed by atoms with E-state index in [-0.39, 0.29) is 17.7 Å². The van der Waals surface area contributed by atoms with E-state index in [1.54, 1.807) is 49.6 Å². The molecule has 3 aromatic carbocycles. The van der Waals surface area contributed by atoms with Gasteiger partial charge in [0, 0.05) is 10.0 Å². The molecule has 4 rings (SSSR count). The second kappa shape index (κ2) is 10.9. The molecule has 0 bridgehead atoms. The van der Waals surface area contributed by atoms with Crippen LogP contribution in [-0.4, -0.2) is 23.2 Å². The second-order valence-electron chi connectivity index (χ2n) is 7.35. The Morgan fingerprint density at radius 1 is 1.00 bits per heavy atom. The van der Waals surface area contributed by atoms with Crippen molar-refractivity contribution in [1.29, 1.82) is 0 Å². The molecule has 9 heteroatoms. The van der Waals surface area contributed by atoms with E-state index in [4.69, 9.17) is 32.7 Å². The number of thioether (sulfide) groups is 1. The van der Waals surface area contributed by atoms with E-state index in [0.717, 1.165) is 22.9 Å². The van der Waals surface area contributed by atoms with E-state index < -0.39 is 0 Å². The number of amides is 2. The lowest BCUT2D eigenvalue weighted by atomic mass is 10.1. The van der Waals surface area contributed by atoms with Crippen LogP contribution in [0.2, 0.25) is 10.0 Å². The van der Waals surface area contributed by atoms with Gasteiger partial charge in [-0.2, -0.15) is 0 Å². The number of rotatable bonds is 7. The standard InChI is InChI=1S/C25H18BrCl2NO4S/c1-32-21-11-17(10-20(26)23(21)33-14-15-5-7-18(27)8-6-15)12-22-24(30)29(25(31)34-22)13-16-3-2-4-19(28)9-16/h2-12H,13-14H2,1H3/b22-12-. The van der Waals surface area contributed by atoms with Crippen molar-refractivity contribution < 1.29 is 19.1 Å². The molecule has 0 aliphatic carbocycles. The molecule has 1 aliphatic heterocycles. The topological polar surface area (TPSA) is 55.8 Å². The van der Waals surface area contributed by atoms with Gasteiger partial charge in [-0.05, 0) is 86.9 Å². The van der Waals surface area contributed by atoms with Crippen molar-refractivity contribution in [3.8, 4) is 11.5 Å². The van der Waals surface area contributed by atoms with Gasteiger partial charge in [0.05, 0.1) is 23.0 Å². The number of hydrogen-bond donors (Lipinski definition) is 0. The molecule has 3 aromatic rings. The summed E-state index contributed by atoms with van der Waals surface area (Å²) < 4.78 is 12.1. The third kappa shape index (κ3) is 5.78. The van der Waals surface area contributed by atoms with Crippen LogP contribution in [0.15, 0.2) is 70.0 Å². The summed E-state index contributed by atoms with van der Waals surface area (Å²) in [5, 5.41) is 0.879. The minimum Gasteiger partial charge on any atom is -0.493 e. The van der Waals surface area contributed by atoms with Crippen LogP contribution in [0.4, 0.5) is 4.79 Å². The maximum Gasteiger partial charge on any atom is 0.293 e. The molecule has 1 saturated heterocycles. The molecule has 0 aromatic heterocycles. The summed E-state index contributed by atoms with van der Waals surface area (Å²) in [6.07, 6.45) is 1.67. The predicted molar refractivity (Wildman–Crippen MR) is 139 cm³/mol. The van der Waals surface area contributed by atoms with E-state index in [2.05, 4.69) is 15.9 Å². The number of nitrogens with zero attached hydrogens (tertiary/aromatic N) is 1. The van der Waals surface area contributed by atoms with Gasteiger partial charge in [0.2, 0.25) is 0 Å². The van der Waals surface area contributed by atoms with Gasteiger partial charge in [-0.1, -0.05) is 47.5 Å². The van der Waals surface area contributed by atoms with E-state index >= 15 is 0 Å². The van der Waals surface area contributed by atoms with Crippen molar-refractivity contribution in [3.63, 3.8) is 0 Å². The Kier molecular flexibility index (Phi) is 7.88.